The number of nitrogen functional groups attached to an aromatic ring is 1. The lowest BCUT2D eigenvalue weighted by molar-refractivity contribution is -0.133. The number of carbonyl (C=O) groups excluding carboxylic acids is 1. The molecular weight excluding hydrogens is 214 g/mol. The van der Waals surface area contributed by atoms with E-state index in [0.29, 0.717) is 18.5 Å². The summed E-state index contributed by atoms with van der Waals surface area (Å²) < 4.78 is 0. The summed E-state index contributed by atoms with van der Waals surface area (Å²) in [6.07, 6.45) is 2.74. The smallest absolute Gasteiger partial charge is 0.222 e. The quantitative estimate of drug-likeness (QED) is 0.611. The summed E-state index contributed by atoms with van der Waals surface area (Å²) >= 11 is 0. The average Bonchev–Trinajstić information content (AvgIpc) is 2.32. The molecule has 0 radical (unpaired) electrons. The number of likely N-dealkylation sites (tertiary alicyclic amines) is 1. The number of hydrogen-bond donors (Lipinski definition) is 2. The molecule has 0 aromatic heterocycles. The number of piperidine rings is 1. The van der Waals surface area contributed by atoms with E-state index in [9.17, 15) is 4.79 Å². The maximum atomic E-state index is 11.7. The van der Waals surface area contributed by atoms with Gasteiger partial charge in [-0.2, -0.15) is 0 Å². The topological polar surface area (TPSA) is 70.2 Å². The van der Waals surface area contributed by atoms with Crippen molar-refractivity contribution >= 4 is 11.7 Å². The molecule has 0 spiro atoms. The van der Waals surface area contributed by atoms with E-state index >= 15 is 0 Å². The lowest BCUT2D eigenvalue weighted by Gasteiger charge is -2.26. The first-order chi connectivity index (χ1) is 8.16. The van der Waals surface area contributed by atoms with Crippen molar-refractivity contribution in [3.8, 4) is 0 Å². The third-order valence-electron chi connectivity index (χ3n) is 3.03. The van der Waals surface area contributed by atoms with Crippen LogP contribution in [-0.4, -0.2) is 23.2 Å². The highest BCUT2D eigenvalue weighted by Gasteiger charge is 2.17. The largest absolute Gasteiger partial charge is 0.384 e. The van der Waals surface area contributed by atoms with Gasteiger partial charge in [-0.3, -0.25) is 10.2 Å². The summed E-state index contributed by atoms with van der Waals surface area (Å²) in [5.74, 6) is 0.293. The van der Waals surface area contributed by atoms with Crippen LogP contribution in [0, 0.1) is 5.41 Å². The Kier molecular flexibility index (Phi) is 3.42. The standard InChI is InChI=1S/C13H17N3O/c14-13(15)11-5-3-4-10(8-11)9-16-7-2-1-6-12(16)17/h3-5,8H,1-2,6-7,9H2,(H3,14,15). The van der Waals surface area contributed by atoms with Crippen LogP contribution in [0.4, 0.5) is 0 Å². The van der Waals surface area contributed by atoms with Crippen molar-refractivity contribution < 1.29 is 4.79 Å². The Morgan fingerprint density at radius 3 is 2.94 bits per heavy atom. The molecule has 1 amide bonds. The minimum atomic E-state index is 0.0665. The van der Waals surface area contributed by atoms with Gasteiger partial charge >= 0.3 is 0 Å². The minimum Gasteiger partial charge on any atom is -0.384 e. The number of hydrogen-bond acceptors (Lipinski definition) is 2. The Morgan fingerprint density at radius 2 is 2.24 bits per heavy atom. The van der Waals surface area contributed by atoms with Crippen LogP contribution in [0.2, 0.25) is 0 Å². The molecule has 1 fully saturated rings. The van der Waals surface area contributed by atoms with Gasteiger partial charge in [0.2, 0.25) is 5.91 Å². The van der Waals surface area contributed by atoms with Crippen LogP contribution in [0.3, 0.4) is 0 Å². The van der Waals surface area contributed by atoms with Crippen molar-refractivity contribution in [3.05, 3.63) is 35.4 Å². The number of nitrogens with zero attached hydrogens (tertiary/aromatic N) is 1. The lowest BCUT2D eigenvalue weighted by atomic mass is 10.1. The summed E-state index contributed by atoms with van der Waals surface area (Å²) in [4.78, 5) is 13.6. The van der Waals surface area contributed by atoms with Gasteiger partial charge in [-0.25, -0.2) is 0 Å². The number of carbonyl (C=O) groups is 1. The molecule has 4 nitrogen and oxygen atoms in total. The van der Waals surface area contributed by atoms with E-state index in [1.54, 1.807) is 0 Å². The van der Waals surface area contributed by atoms with E-state index in [-0.39, 0.29) is 11.7 Å². The highest BCUT2D eigenvalue weighted by molar-refractivity contribution is 5.95. The number of amides is 1. The molecule has 90 valence electrons. The summed E-state index contributed by atoms with van der Waals surface area (Å²) in [6, 6.07) is 7.53. The number of benzene rings is 1. The molecule has 0 bridgehead atoms. The van der Waals surface area contributed by atoms with E-state index in [1.165, 1.54) is 0 Å². The molecule has 17 heavy (non-hydrogen) atoms. The van der Waals surface area contributed by atoms with Gasteiger partial charge in [0.25, 0.3) is 0 Å². The molecule has 0 unspecified atom stereocenters. The maximum Gasteiger partial charge on any atom is 0.222 e. The Labute approximate surface area is 101 Å². The van der Waals surface area contributed by atoms with Crippen LogP contribution in [0.5, 0.6) is 0 Å². The fraction of sp³-hybridized carbons (Fsp3) is 0.385. The van der Waals surface area contributed by atoms with Crippen LogP contribution in [0.15, 0.2) is 24.3 Å². The fourth-order valence-electron chi connectivity index (χ4n) is 2.09. The molecule has 1 aliphatic heterocycles. The summed E-state index contributed by atoms with van der Waals surface area (Å²) in [7, 11) is 0. The normalized spacial score (nSPS) is 16.0. The highest BCUT2D eigenvalue weighted by atomic mass is 16.2. The molecule has 1 aliphatic rings. The third kappa shape index (κ3) is 2.84. The van der Waals surface area contributed by atoms with Crippen molar-refractivity contribution in [2.75, 3.05) is 6.54 Å². The molecule has 4 heteroatoms. The van der Waals surface area contributed by atoms with E-state index in [2.05, 4.69) is 0 Å². The van der Waals surface area contributed by atoms with Crippen molar-refractivity contribution in [1.82, 2.24) is 4.90 Å². The molecule has 1 aromatic carbocycles. The third-order valence-corrected chi connectivity index (χ3v) is 3.03. The molecule has 3 N–H and O–H groups in total. The average molecular weight is 231 g/mol. The van der Waals surface area contributed by atoms with Crippen molar-refractivity contribution in [1.29, 1.82) is 5.41 Å². The molecular formula is C13H17N3O. The van der Waals surface area contributed by atoms with Crippen molar-refractivity contribution in [2.45, 2.75) is 25.8 Å². The molecule has 1 aromatic rings. The van der Waals surface area contributed by atoms with Gasteiger partial charge in [0.15, 0.2) is 0 Å². The van der Waals surface area contributed by atoms with E-state index in [4.69, 9.17) is 11.1 Å². The molecule has 0 atom stereocenters. The zero-order valence-corrected chi connectivity index (χ0v) is 9.78. The van der Waals surface area contributed by atoms with Gasteiger partial charge in [-0.1, -0.05) is 18.2 Å². The first-order valence-corrected chi connectivity index (χ1v) is 5.88. The van der Waals surface area contributed by atoms with Crippen LogP contribution in [0.25, 0.3) is 0 Å². The molecule has 0 aliphatic carbocycles. The molecule has 2 rings (SSSR count). The van der Waals surface area contributed by atoms with Gasteiger partial charge < -0.3 is 10.6 Å². The first-order valence-electron chi connectivity index (χ1n) is 5.88. The number of amidine groups is 1. The van der Waals surface area contributed by atoms with Gasteiger partial charge in [0.05, 0.1) is 0 Å². The zero-order valence-electron chi connectivity index (χ0n) is 9.78. The van der Waals surface area contributed by atoms with E-state index < -0.39 is 0 Å². The van der Waals surface area contributed by atoms with Crippen LogP contribution in [-0.2, 0) is 11.3 Å². The fourth-order valence-corrected chi connectivity index (χ4v) is 2.09. The monoisotopic (exact) mass is 231 g/mol. The minimum absolute atomic E-state index is 0.0665. The van der Waals surface area contributed by atoms with Gasteiger partial charge in [-0.15, -0.1) is 0 Å². The maximum absolute atomic E-state index is 11.7. The Hall–Kier alpha value is -1.84. The van der Waals surface area contributed by atoms with Crippen molar-refractivity contribution in [3.63, 3.8) is 0 Å². The number of rotatable bonds is 3. The molecule has 1 heterocycles. The molecule has 1 saturated heterocycles. The second kappa shape index (κ2) is 4.99. The Balaban J connectivity index is 2.09. The van der Waals surface area contributed by atoms with Gasteiger partial charge in [0.1, 0.15) is 5.84 Å². The van der Waals surface area contributed by atoms with Crippen LogP contribution < -0.4 is 5.73 Å². The lowest BCUT2D eigenvalue weighted by Crippen LogP contribution is -2.34. The zero-order chi connectivity index (χ0) is 12.3. The predicted octanol–water partition coefficient (Wildman–Crippen LogP) is 1.48. The second-order valence-electron chi connectivity index (χ2n) is 4.39. The SMILES string of the molecule is N=C(N)c1cccc(CN2CCCCC2=O)c1. The summed E-state index contributed by atoms with van der Waals surface area (Å²) in [6.45, 7) is 1.46. The van der Waals surface area contributed by atoms with Gasteiger partial charge in [-0.05, 0) is 24.5 Å². The Bertz CT molecular complexity index is 442. The number of nitrogens with two attached hydrogens (primary N) is 1. The number of nitrogens with one attached hydrogen (secondary N) is 1. The van der Waals surface area contributed by atoms with Crippen molar-refractivity contribution in [2.24, 2.45) is 5.73 Å². The first kappa shape index (κ1) is 11.6. The predicted molar refractivity (Wildman–Crippen MR) is 66.7 cm³/mol. The van der Waals surface area contributed by atoms with E-state index in [0.717, 1.165) is 24.9 Å². The Morgan fingerprint density at radius 1 is 1.41 bits per heavy atom. The summed E-state index contributed by atoms with van der Waals surface area (Å²) in [5.41, 5.74) is 7.20. The van der Waals surface area contributed by atoms with Crippen LogP contribution in [0.1, 0.15) is 30.4 Å². The second-order valence-corrected chi connectivity index (χ2v) is 4.39. The molecule has 0 saturated carbocycles. The summed E-state index contributed by atoms with van der Waals surface area (Å²) in [5, 5.41) is 7.39. The van der Waals surface area contributed by atoms with Crippen LogP contribution >= 0.6 is 0 Å². The highest BCUT2D eigenvalue weighted by Crippen LogP contribution is 2.15. The van der Waals surface area contributed by atoms with Gasteiger partial charge in [0, 0.05) is 25.1 Å². The van der Waals surface area contributed by atoms with E-state index in [1.807, 2.05) is 29.2 Å².